The molecule has 41 heavy (non-hydrogen) atoms. The van der Waals surface area contributed by atoms with Crippen LogP contribution in [0, 0.1) is 5.82 Å². The number of para-hydroxylation sites is 1. The Hall–Kier alpha value is -3.75. The Morgan fingerprint density at radius 2 is 1.78 bits per heavy atom. The fourth-order valence-electron chi connectivity index (χ4n) is 5.13. The molecular weight excluding hydrogens is 547 g/mol. The van der Waals surface area contributed by atoms with Crippen LogP contribution < -0.4 is 9.80 Å². The minimum Gasteiger partial charge on any atom is -0.479 e. The standard InChI is InChI=1S/C32H34ClFN2O5/c1-5-35(24-14-12-23(33)13-15-24)30(38)26-18-20(2)36(28-9-7-6-8-25(26)28)29(37)22-11-10-21(27(34)19-22)16-17-41-32(3,4)31(39)40/h6-15,19-20,26H,5,16-18H2,1-4H3,(H,39,40)/t20-,26-/m0/s1. The van der Waals surface area contributed by atoms with Crippen molar-refractivity contribution in [2.45, 2.75) is 58.1 Å². The van der Waals surface area contributed by atoms with E-state index in [1.807, 2.05) is 50.2 Å². The molecule has 1 N–H and O–H groups in total. The number of hydrogen-bond donors (Lipinski definition) is 1. The molecule has 0 spiro atoms. The van der Waals surface area contributed by atoms with Gasteiger partial charge in [-0.05, 0) is 94.1 Å². The Morgan fingerprint density at radius 1 is 1.10 bits per heavy atom. The molecule has 1 heterocycles. The quantitative estimate of drug-likeness (QED) is 0.313. The number of carboxylic acid groups (broad SMARTS) is 1. The number of anilines is 2. The third-order valence-corrected chi connectivity index (χ3v) is 7.73. The first-order chi connectivity index (χ1) is 19.4. The van der Waals surface area contributed by atoms with Crippen LogP contribution in [0.1, 0.15) is 61.5 Å². The van der Waals surface area contributed by atoms with E-state index in [1.165, 1.54) is 26.0 Å². The molecule has 0 aromatic heterocycles. The monoisotopic (exact) mass is 580 g/mol. The maximum atomic E-state index is 15.0. The number of amides is 2. The average molecular weight is 581 g/mol. The molecule has 0 saturated carbocycles. The minimum absolute atomic E-state index is 0.0141. The molecular formula is C32H34ClFN2O5. The Bertz CT molecular complexity index is 1440. The lowest BCUT2D eigenvalue weighted by Crippen LogP contribution is -2.46. The zero-order valence-corrected chi connectivity index (χ0v) is 24.3. The van der Waals surface area contributed by atoms with Crippen molar-refractivity contribution in [1.29, 1.82) is 0 Å². The van der Waals surface area contributed by atoms with Crippen molar-refractivity contribution in [3.63, 3.8) is 0 Å². The maximum absolute atomic E-state index is 15.0. The molecule has 7 nitrogen and oxygen atoms in total. The molecule has 2 amide bonds. The van der Waals surface area contributed by atoms with E-state index in [1.54, 1.807) is 28.0 Å². The van der Waals surface area contributed by atoms with Gasteiger partial charge in [-0.1, -0.05) is 35.9 Å². The van der Waals surface area contributed by atoms with E-state index in [-0.39, 0.29) is 36.4 Å². The summed E-state index contributed by atoms with van der Waals surface area (Å²) >= 11 is 6.05. The zero-order chi connectivity index (χ0) is 29.9. The number of halogens is 2. The van der Waals surface area contributed by atoms with Crippen LogP contribution >= 0.6 is 11.6 Å². The molecule has 3 aromatic carbocycles. The van der Waals surface area contributed by atoms with Gasteiger partial charge in [0, 0.05) is 34.5 Å². The number of carbonyl (C=O) groups is 3. The number of benzene rings is 3. The van der Waals surface area contributed by atoms with Crippen LogP contribution in [0.25, 0.3) is 0 Å². The fraction of sp³-hybridized carbons (Fsp3) is 0.344. The topological polar surface area (TPSA) is 87.2 Å². The van der Waals surface area contributed by atoms with Gasteiger partial charge in [0.25, 0.3) is 5.91 Å². The summed E-state index contributed by atoms with van der Waals surface area (Å²) in [5.41, 5.74) is 1.23. The van der Waals surface area contributed by atoms with Gasteiger partial charge in [-0.25, -0.2) is 9.18 Å². The minimum atomic E-state index is -1.38. The first-order valence-corrected chi connectivity index (χ1v) is 14.0. The molecule has 0 unspecified atom stereocenters. The van der Waals surface area contributed by atoms with Gasteiger partial charge in [-0.2, -0.15) is 0 Å². The van der Waals surface area contributed by atoms with Gasteiger partial charge < -0.3 is 19.6 Å². The highest BCUT2D eigenvalue weighted by atomic mass is 35.5. The van der Waals surface area contributed by atoms with E-state index in [0.717, 1.165) is 11.3 Å². The smallest absolute Gasteiger partial charge is 0.335 e. The molecule has 0 radical (unpaired) electrons. The summed E-state index contributed by atoms with van der Waals surface area (Å²) in [6.07, 6.45) is 0.564. The number of carbonyl (C=O) groups excluding carboxylic acids is 2. The van der Waals surface area contributed by atoms with Gasteiger partial charge in [-0.15, -0.1) is 0 Å². The molecule has 0 bridgehead atoms. The molecule has 216 valence electrons. The van der Waals surface area contributed by atoms with Crippen LogP contribution in [-0.4, -0.2) is 47.7 Å². The summed E-state index contributed by atoms with van der Waals surface area (Å²) < 4.78 is 20.4. The molecule has 1 aliphatic heterocycles. The molecule has 0 fully saturated rings. The Labute approximate surface area is 244 Å². The van der Waals surface area contributed by atoms with E-state index in [4.69, 9.17) is 16.3 Å². The first-order valence-electron chi connectivity index (χ1n) is 13.6. The van der Waals surface area contributed by atoms with E-state index in [0.29, 0.717) is 29.2 Å². The van der Waals surface area contributed by atoms with Crippen LogP contribution in [0.3, 0.4) is 0 Å². The number of carboxylic acids is 1. The Morgan fingerprint density at radius 3 is 2.41 bits per heavy atom. The van der Waals surface area contributed by atoms with Gasteiger partial charge in [0.1, 0.15) is 5.82 Å². The normalized spacial score (nSPS) is 16.7. The highest BCUT2D eigenvalue weighted by Gasteiger charge is 2.39. The van der Waals surface area contributed by atoms with E-state index in [2.05, 4.69) is 0 Å². The van der Waals surface area contributed by atoms with Crippen molar-refractivity contribution in [1.82, 2.24) is 0 Å². The largest absolute Gasteiger partial charge is 0.479 e. The fourth-order valence-corrected chi connectivity index (χ4v) is 5.26. The molecule has 0 aliphatic carbocycles. The number of aliphatic carboxylic acids is 1. The van der Waals surface area contributed by atoms with Gasteiger partial charge in [-0.3, -0.25) is 9.59 Å². The molecule has 9 heteroatoms. The van der Waals surface area contributed by atoms with Gasteiger partial charge in [0.05, 0.1) is 12.5 Å². The van der Waals surface area contributed by atoms with Gasteiger partial charge in [0.15, 0.2) is 5.60 Å². The lowest BCUT2D eigenvalue weighted by Gasteiger charge is -2.40. The van der Waals surface area contributed by atoms with Crippen LogP contribution in [-0.2, 0) is 20.7 Å². The predicted molar refractivity (Wildman–Crippen MR) is 157 cm³/mol. The van der Waals surface area contributed by atoms with Crippen LogP contribution in [0.4, 0.5) is 15.8 Å². The van der Waals surface area contributed by atoms with E-state index < -0.39 is 23.3 Å². The molecule has 3 aromatic rings. The number of rotatable bonds is 9. The second-order valence-corrected chi connectivity index (χ2v) is 11.1. The van der Waals surface area contributed by atoms with Crippen molar-refractivity contribution < 1.29 is 28.6 Å². The summed E-state index contributed by atoms with van der Waals surface area (Å²) in [4.78, 5) is 42.2. The third-order valence-electron chi connectivity index (χ3n) is 7.48. The van der Waals surface area contributed by atoms with Crippen LogP contribution in [0.15, 0.2) is 66.7 Å². The number of hydrogen-bond acceptors (Lipinski definition) is 4. The number of fused-ring (bicyclic) bond motifs is 1. The highest BCUT2D eigenvalue weighted by molar-refractivity contribution is 6.30. The maximum Gasteiger partial charge on any atom is 0.335 e. The number of nitrogens with zero attached hydrogens (tertiary/aromatic N) is 2. The lowest BCUT2D eigenvalue weighted by atomic mass is 9.84. The average Bonchev–Trinajstić information content (AvgIpc) is 2.94. The number of likely N-dealkylation sites (N-methyl/N-ethyl adjacent to an activating group) is 1. The Kier molecular flexibility index (Phi) is 9.14. The van der Waals surface area contributed by atoms with Gasteiger partial charge in [0.2, 0.25) is 5.91 Å². The van der Waals surface area contributed by atoms with E-state index in [9.17, 15) is 19.5 Å². The van der Waals surface area contributed by atoms with Crippen molar-refractivity contribution in [3.8, 4) is 0 Å². The summed E-state index contributed by atoms with van der Waals surface area (Å²) in [6.45, 7) is 7.15. The van der Waals surface area contributed by atoms with Crippen molar-refractivity contribution >= 4 is 40.8 Å². The molecule has 1 aliphatic rings. The summed E-state index contributed by atoms with van der Waals surface area (Å²) in [6, 6.07) is 18.4. The van der Waals surface area contributed by atoms with Crippen LogP contribution in [0.2, 0.25) is 5.02 Å². The predicted octanol–water partition coefficient (Wildman–Crippen LogP) is 6.48. The second-order valence-electron chi connectivity index (χ2n) is 10.7. The highest BCUT2D eigenvalue weighted by Crippen LogP contribution is 2.41. The summed E-state index contributed by atoms with van der Waals surface area (Å²) in [5, 5.41) is 9.77. The molecule has 2 atom stereocenters. The second kappa shape index (κ2) is 12.4. The SMILES string of the molecule is CCN(C(=O)[C@H]1C[C@H](C)N(C(=O)c2ccc(CCOC(C)(C)C(=O)O)c(F)c2)c2ccccc21)c1ccc(Cl)cc1. The van der Waals surface area contributed by atoms with Crippen LogP contribution in [0.5, 0.6) is 0 Å². The first kappa shape index (κ1) is 30.2. The Balaban J connectivity index is 1.56. The lowest BCUT2D eigenvalue weighted by molar-refractivity contribution is -0.161. The van der Waals surface area contributed by atoms with E-state index >= 15 is 4.39 Å². The van der Waals surface area contributed by atoms with Crippen molar-refractivity contribution in [2.24, 2.45) is 0 Å². The van der Waals surface area contributed by atoms with Crippen molar-refractivity contribution in [3.05, 3.63) is 94.3 Å². The third kappa shape index (κ3) is 6.44. The molecule has 0 saturated heterocycles. The summed E-state index contributed by atoms with van der Waals surface area (Å²) in [7, 11) is 0. The molecule has 4 rings (SSSR count). The summed E-state index contributed by atoms with van der Waals surface area (Å²) in [5.74, 6) is -2.57. The van der Waals surface area contributed by atoms with Crippen molar-refractivity contribution in [2.75, 3.05) is 23.0 Å². The van der Waals surface area contributed by atoms with Gasteiger partial charge >= 0.3 is 5.97 Å². The zero-order valence-electron chi connectivity index (χ0n) is 23.6. The number of ether oxygens (including phenoxy) is 1.